The molecule has 2 nitrogen and oxygen atoms in total. The van der Waals surface area contributed by atoms with Crippen molar-refractivity contribution in [2.45, 2.75) is 13.0 Å². The third-order valence-electron chi connectivity index (χ3n) is 0.917. The summed E-state index contributed by atoms with van der Waals surface area (Å²) in [4.78, 5) is 0. The smallest absolute Gasteiger partial charge is 0.412 e. The number of hydrogen-bond acceptors (Lipinski definition) is 4. The normalized spacial score (nSPS) is 10.8. The molecule has 2 N–H and O–H groups in total. The summed E-state index contributed by atoms with van der Waals surface area (Å²) in [6.07, 6.45) is 0. The quantitative estimate of drug-likeness (QED) is 0.438. The van der Waals surface area contributed by atoms with Crippen molar-refractivity contribution < 1.29 is 19.5 Å². The average Bonchev–Trinajstić information content (AvgIpc) is 1.82. The van der Waals surface area contributed by atoms with E-state index >= 15 is 0 Å². The Balaban J connectivity index is 0. The minimum absolute atomic E-state index is 0. The van der Waals surface area contributed by atoms with Crippen LogP contribution >= 0.6 is 24.4 Å². The molecule has 64 valence electrons. The van der Waals surface area contributed by atoms with Crippen molar-refractivity contribution >= 4 is 58.3 Å². The van der Waals surface area contributed by atoms with Crippen LogP contribution in [0.1, 0.15) is 6.92 Å². The van der Waals surface area contributed by atoms with E-state index in [2.05, 4.69) is 60.3 Å². The molecule has 0 amide bonds. The summed E-state index contributed by atoms with van der Waals surface area (Å²) in [5.41, 5.74) is 0. The monoisotopic (exact) mass is 288 g/mol. The zero-order chi connectivity index (χ0) is 8.85. The zero-order valence-electron chi connectivity index (χ0n) is 6.62. The van der Waals surface area contributed by atoms with Gasteiger partial charge in [0.15, 0.2) is 0 Å². The standard InChI is InChI=1S/C5H10N2S4.Zn/c1-3(7-5(10)11)2-6-4(8)9;/h3H,2H2,1H3,(H2,6,8,9)(H2,7,10,11);/q;+2/p-2/t3-;/m1./s1. The molecule has 0 aliphatic heterocycles. The van der Waals surface area contributed by atoms with Crippen molar-refractivity contribution in [2.75, 3.05) is 6.54 Å². The van der Waals surface area contributed by atoms with Gasteiger partial charge in [-0.25, -0.2) is 0 Å². The molecule has 12 heavy (non-hydrogen) atoms. The Hall–Kier alpha value is 0.843. The van der Waals surface area contributed by atoms with Crippen LogP contribution in [0.3, 0.4) is 0 Å². The molecule has 0 spiro atoms. The van der Waals surface area contributed by atoms with E-state index in [1.54, 1.807) is 0 Å². The fraction of sp³-hybridized carbons (Fsp3) is 0.600. The number of rotatable bonds is 3. The van der Waals surface area contributed by atoms with E-state index in [0.29, 0.717) is 15.2 Å². The second-order valence-corrected chi connectivity index (χ2v) is 4.15. The largest absolute Gasteiger partial charge is 2.00 e. The second-order valence-electron chi connectivity index (χ2n) is 2.00. The molecular formula is C5H8N2S4Zn. The Morgan fingerprint density at radius 2 is 1.83 bits per heavy atom. The van der Waals surface area contributed by atoms with Gasteiger partial charge < -0.3 is 60.3 Å². The van der Waals surface area contributed by atoms with Gasteiger partial charge in [0.05, 0.1) is 0 Å². The summed E-state index contributed by atoms with van der Waals surface area (Å²) >= 11 is 18.6. The predicted octanol–water partition coefficient (Wildman–Crippen LogP) is 0.215. The Morgan fingerprint density at radius 1 is 1.33 bits per heavy atom. The minimum atomic E-state index is 0. The maximum absolute atomic E-state index is 4.67. The Morgan fingerprint density at radius 3 is 2.17 bits per heavy atom. The molecule has 0 aromatic carbocycles. The topological polar surface area (TPSA) is 24.1 Å². The number of hydrogen-bond donors (Lipinski definition) is 2. The molecule has 0 aromatic rings. The number of thiocarbonyl (C=S) groups is 2. The van der Waals surface area contributed by atoms with Gasteiger partial charge in [-0.1, -0.05) is 8.64 Å². The van der Waals surface area contributed by atoms with Crippen LogP contribution in [-0.2, 0) is 44.7 Å². The molecule has 0 rings (SSSR count). The van der Waals surface area contributed by atoms with Gasteiger partial charge in [0.25, 0.3) is 0 Å². The van der Waals surface area contributed by atoms with E-state index in [-0.39, 0.29) is 25.5 Å². The predicted molar refractivity (Wildman–Crippen MR) is 60.5 cm³/mol. The Kier molecular flexibility index (Phi) is 10.8. The van der Waals surface area contributed by atoms with Gasteiger partial charge in [-0.2, -0.15) is 0 Å². The van der Waals surface area contributed by atoms with Crippen LogP contribution < -0.4 is 10.6 Å². The second kappa shape index (κ2) is 8.44. The van der Waals surface area contributed by atoms with E-state index in [1.807, 2.05) is 6.92 Å². The van der Waals surface area contributed by atoms with Crippen LogP contribution in [0, 0.1) is 0 Å². The zero-order valence-corrected chi connectivity index (χ0v) is 12.9. The van der Waals surface area contributed by atoms with Crippen molar-refractivity contribution in [3.05, 3.63) is 0 Å². The average molecular weight is 290 g/mol. The van der Waals surface area contributed by atoms with Crippen LogP contribution in [0.5, 0.6) is 0 Å². The molecule has 0 saturated heterocycles. The molecule has 0 aliphatic rings. The first-order valence-electron chi connectivity index (χ1n) is 2.94. The van der Waals surface area contributed by atoms with E-state index < -0.39 is 0 Å². The van der Waals surface area contributed by atoms with E-state index in [9.17, 15) is 0 Å². The fourth-order valence-electron chi connectivity index (χ4n) is 0.489. The van der Waals surface area contributed by atoms with Crippen molar-refractivity contribution in [1.29, 1.82) is 0 Å². The van der Waals surface area contributed by atoms with Crippen molar-refractivity contribution in [3.63, 3.8) is 0 Å². The first kappa shape index (κ1) is 15.3. The summed E-state index contributed by atoms with van der Waals surface area (Å²) in [7, 11) is 0. The molecule has 0 heterocycles. The molecule has 0 bridgehead atoms. The fourth-order valence-corrected chi connectivity index (χ4v) is 1.06. The van der Waals surface area contributed by atoms with Crippen LogP contribution in [0.15, 0.2) is 0 Å². The molecule has 0 radical (unpaired) electrons. The Bertz CT molecular complexity index is 164. The first-order valence-corrected chi connectivity index (χ1v) is 4.58. The summed E-state index contributed by atoms with van der Waals surface area (Å²) in [5, 5.41) is 5.70. The van der Waals surface area contributed by atoms with Crippen molar-refractivity contribution in [1.82, 2.24) is 10.6 Å². The van der Waals surface area contributed by atoms with Gasteiger partial charge in [0.1, 0.15) is 0 Å². The SMILES string of the molecule is C[C@H](CNC(=S)[S-])NC(=S)[S-].[Zn+2]. The van der Waals surface area contributed by atoms with Crippen LogP contribution in [0.25, 0.3) is 0 Å². The molecule has 1 atom stereocenters. The first-order chi connectivity index (χ1) is 5.02. The summed E-state index contributed by atoms with van der Waals surface area (Å²) in [6, 6.07) is 0.167. The summed E-state index contributed by atoms with van der Waals surface area (Å²) < 4.78 is 0.739. The maximum Gasteiger partial charge on any atom is 2.00 e. The van der Waals surface area contributed by atoms with Crippen LogP contribution in [-0.4, -0.2) is 21.2 Å². The number of nitrogens with one attached hydrogen (secondary N) is 2. The van der Waals surface area contributed by atoms with Crippen molar-refractivity contribution in [3.8, 4) is 0 Å². The van der Waals surface area contributed by atoms with Gasteiger partial charge in [0.2, 0.25) is 0 Å². The molecular weight excluding hydrogens is 282 g/mol. The molecule has 7 heteroatoms. The third kappa shape index (κ3) is 10.8. The van der Waals surface area contributed by atoms with Gasteiger partial charge >= 0.3 is 19.5 Å². The van der Waals surface area contributed by atoms with E-state index in [1.165, 1.54) is 0 Å². The minimum Gasteiger partial charge on any atom is -0.412 e. The van der Waals surface area contributed by atoms with Gasteiger partial charge in [-0.15, -0.1) is 0 Å². The van der Waals surface area contributed by atoms with Gasteiger partial charge in [-0.3, -0.25) is 0 Å². The van der Waals surface area contributed by atoms with E-state index in [0.717, 1.165) is 0 Å². The molecule has 0 aromatic heterocycles. The third-order valence-corrected chi connectivity index (χ3v) is 1.44. The van der Waals surface area contributed by atoms with Crippen LogP contribution in [0.4, 0.5) is 0 Å². The van der Waals surface area contributed by atoms with E-state index in [4.69, 9.17) is 0 Å². The summed E-state index contributed by atoms with van der Waals surface area (Å²) in [6.45, 7) is 2.60. The van der Waals surface area contributed by atoms with Gasteiger partial charge in [0, 0.05) is 12.6 Å². The van der Waals surface area contributed by atoms with Crippen molar-refractivity contribution in [2.24, 2.45) is 0 Å². The van der Waals surface area contributed by atoms with Crippen LogP contribution in [0.2, 0.25) is 0 Å². The molecule has 0 fully saturated rings. The Labute approximate surface area is 107 Å². The molecule has 0 aliphatic carbocycles. The molecule has 0 saturated carbocycles. The van der Waals surface area contributed by atoms with Gasteiger partial charge in [-0.05, 0) is 6.92 Å². The summed E-state index contributed by atoms with van der Waals surface area (Å²) in [5.74, 6) is 0. The maximum atomic E-state index is 4.67. The molecule has 0 unspecified atom stereocenters.